The van der Waals surface area contributed by atoms with Gasteiger partial charge in [0.25, 0.3) is 0 Å². The lowest BCUT2D eigenvalue weighted by molar-refractivity contribution is -0.131. The molecule has 104 valence electrons. The third kappa shape index (κ3) is 3.34. The van der Waals surface area contributed by atoms with E-state index in [-0.39, 0.29) is 23.0 Å². The lowest BCUT2D eigenvalue weighted by Crippen LogP contribution is -2.31. The number of hydrogen-bond donors (Lipinski definition) is 0. The van der Waals surface area contributed by atoms with Gasteiger partial charge in [0, 0.05) is 30.8 Å². The van der Waals surface area contributed by atoms with E-state index in [4.69, 9.17) is 0 Å². The zero-order valence-electron chi connectivity index (χ0n) is 12.1. The van der Waals surface area contributed by atoms with Crippen LogP contribution in [0.5, 0.6) is 0 Å². The summed E-state index contributed by atoms with van der Waals surface area (Å²) in [7, 11) is 0. The molecular formula is C16H23NO2. The maximum absolute atomic E-state index is 12.2. The second kappa shape index (κ2) is 5.32. The minimum absolute atomic E-state index is 0.108. The fourth-order valence-electron chi connectivity index (χ4n) is 2.73. The summed E-state index contributed by atoms with van der Waals surface area (Å²) in [6.07, 6.45) is 8.65. The highest BCUT2D eigenvalue weighted by Crippen LogP contribution is 2.28. The Morgan fingerprint density at radius 1 is 1.42 bits per heavy atom. The standard InChI is InChI=1S/C16H23NO2/c1-16(2,3)15(19)13-10-14(18)17(11-13)9-8-12-6-4-5-7-12/h4-6,13H,7-11H2,1-3H3. The fourth-order valence-corrected chi connectivity index (χ4v) is 2.73. The van der Waals surface area contributed by atoms with Crippen molar-refractivity contribution in [3.63, 3.8) is 0 Å². The molecule has 1 aliphatic carbocycles. The third-order valence-electron chi connectivity index (χ3n) is 3.88. The normalized spacial score (nSPS) is 23.1. The molecule has 3 nitrogen and oxygen atoms in total. The van der Waals surface area contributed by atoms with Crippen molar-refractivity contribution in [2.75, 3.05) is 13.1 Å². The molecule has 2 aliphatic rings. The average Bonchev–Trinajstić information content (AvgIpc) is 2.93. The third-order valence-corrected chi connectivity index (χ3v) is 3.88. The van der Waals surface area contributed by atoms with Crippen LogP contribution in [0.15, 0.2) is 23.8 Å². The molecule has 1 atom stereocenters. The summed E-state index contributed by atoms with van der Waals surface area (Å²) in [5.41, 5.74) is 1.03. The van der Waals surface area contributed by atoms with Gasteiger partial charge in [-0.05, 0) is 12.8 Å². The van der Waals surface area contributed by atoms with Gasteiger partial charge in [-0.15, -0.1) is 0 Å². The van der Waals surface area contributed by atoms with Crippen LogP contribution in [0.4, 0.5) is 0 Å². The highest BCUT2D eigenvalue weighted by atomic mass is 16.2. The van der Waals surface area contributed by atoms with Gasteiger partial charge in [-0.25, -0.2) is 0 Å². The van der Waals surface area contributed by atoms with E-state index in [2.05, 4.69) is 18.2 Å². The van der Waals surface area contributed by atoms with Crippen LogP contribution in [0.2, 0.25) is 0 Å². The second-order valence-corrected chi connectivity index (χ2v) is 6.56. The molecular weight excluding hydrogens is 238 g/mol. The minimum atomic E-state index is -0.348. The molecule has 0 spiro atoms. The van der Waals surface area contributed by atoms with Gasteiger partial charge in [0.05, 0.1) is 0 Å². The lowest BCUT2D eigenvalue weighted by Gasteiger charge is -2.21. The Bertz CT molecular complexity index is 440. The molecule has 2 rings (SSSR count). The first-order valence-corrected chi connectivity index (χ1v) is 7.04. The molecule has 1 aliphatic heterocycles. The summed E-state index contributed by atoms with van der Waals surface area (Å²) in [6, 6.07) is 0. The number of rotatable bonds is 4. The first-order valence-electron chi connectivity index (χ1n) is 7.04. The summed E-state index contributed by atoms with van der Waals surface area (Å²) in [4.78, 5) is 26.0. The van der Waals surface area contributed by atoms with E-state index in [1.807, 2.05) is 25.7 Å². The molecule has 3 heteroatoms. The SMILES string of the molecule is CC(C)(C)C(=O)C1CC(=O)N(CCC2=CC=CC2)C1. The lowest BCUT2D eigenvalue weighted by atomic mass is 9.82. The van der Waals surface area contributed by atoms with Crippen LogP contribution in [0.3, 0.4) is 0 Å². The molecule has 0 aromatic carbocycles. The summed E-state index contributed by atoms with van der Waals surface area (Å²) < 4.78 is 0. The molecule has 0 N–H and O–H groups in total. The van der Waals surface area contributed by atoms with Crippen molar-refractivity contribution in [3.05, 3.63) is 23.8 Å². The van der Waals surface area contributed by atoms with E-state index < -0.39 is 0 Å². The van der Waals surface area contributed by atoms with E-state index in [0.29, 0.717) is 13.0 Å². The predicted molar refractivity (Wildman–Crippen MR) is 75.6 cm³/mol. The van der Waals surface area contributed by atoms with Crippen LogP contribution >= 0.6 is 0 Å². The van der Waals surface area contributed by atoms with Crippen LogP contribution in [0.1, 0.15) is 40.0 Å². The maximum Gasteiger partial charge on any atom is 0.223 e. The van der Waals surface area contributed by atoms with Crippen molar-refractivity contribution in [1.29, 1.82) is 0 Å². The highest BCUT2D eigenvalue weighted by Gasteiger charge is 2.38. The zero-order valence-corrected chi connectivity index (χ0v) is 12.1. The number of carbonyl (C=O) groups excluding carboxylic acids is 2. The Hall–Kier alpha value is -1.38. The van der Waals surface area contributed by atoms with Gasteiger partial charge in [0.15, 0.2) is 0 Å². The van der Waals surface area contributed by atoms with Crippen molar-refractivity contribution >= 4 is 11.7 Å². The molecule has 0 radical (unpaired) electrons. The van der Waals surface area contributed by atoms with Gasteiger partial charge in [-0.2, -0.15) is 0 Å². The number of amides is 1. The van der Waals surface area contributed by atoms with Crippen LogP contribution in [0.25, 0.3) is 0 Å². The van der Waals surface area contributed by atoms with Gasteiger partial charge < -0.3 is 4.90 Å². The monoisotopic (exact) mass is 261 g/mol. The summed E-state index contributed by atoms with van der Waals surface area (Å²) in [5, 5.41) is 0. The quantitative estimate of drug-likeness (QED) is 0.780. The number of likely N-dealkylation sites (tertiary alicyclic amines) is 1. The number of hydrogen-bond acceptors (Lipinski definition) is 2. The van der Waals surface area contributed by atoms with E-state index in [9.17, 15) is 9.59 Å². The van der Waals surface area contributed by atoms with Crippen molar-refractivity contribution in [1.82, 2.24) is 4.90 Å². The van der Waals surface area contributed by atoms with E-state index in [1.54, 1.807) is 0 Å². The Morgan fingerprint density at radius 3 is 2.74 bits per heavy atom. The van der Waals surface area contributed by atoms with Gasteiger partial charge in [0.2, 0.25) is 5.91 Å². The van der Waals surface area contributed by atoms with Crippen LogP contribution < -0.4 is 0 Å². The van der Waals surface area contributed by atoms with E-state index in [1.165, 1.54) is 5.57 Å². The first kappa shape index (κ1) is 14.0. The molecule has 0 aromatic heterocycles. The van der Waals surface area contributed by atoms with Crippen molar-refractivity contribution in [3.8, 4) is 0 Å². The molecule has 1 fully saturated rings. The molecule has 1 unspecified atom stereocenters. The molecule has 1 amide bonds. The van der Waals surface area contributed by atoms with Crippen LogP contribution in [-0.2, 0) is 9.59 Å². The van der Waals surface area contributed by atoms with Gasteiger partial charge in [-0.3, -0.25) is 9.59 Å². The van der Waals surface area contributed by atoms with Crippen molar-refractivity contribution < 1.29 is 9.59 Å². The second-order valence-electron chi connectivity index (χ2n) is 6.56. The van der Waals surface area contributed by atoms with Gasteiger partial charge in [-0.1, -0.05) is 44.6 Å². The molecule has 0 saturated carbocycles. The molecule has 1 heterocycles. The Labute approximate surface area is 115 Å². The predicted octanol–water partition coefficient (Wildman–Crippen LogP) is 2.73. The van der Waals surface area contributed by atoms with Crippen LogP contribution in [0, 0.1) is 11.3 Å². The number of ketones is 1. The Kier molecular flexibility index (Phi) is 3.93. The summed E-state index contributed by atoms with van der Waals surface area (Å²) >= 11 is 0. The van der Waals surface area contributed by atoms with E-state index in [0.717, 1.165) is 19.4 Å². The van der Waals surface area contributed by atoms with Crippen molar-refractivity contribution in [2.45, 2.75) is 40.0 Å². The number of allylic oxidation sites excluding steroid dienone is 3. The molecule has 0 bridgehead atoms. The number of carbonyl (C=O) groups is 2. The number of Topliss-reactive ketones (excluding diaryl/α,β-unsaturated/α-hetero) is 1. The molecule has 19 heavy (non-hydrogen) atoms. The average molecular weight is 261 g/mol. The Morgan fingerprint density at radius 2 is 2.16 bits per heavy atom. The van der Waals surface area contributed by atoms with Gasteiger partial charge >= 0.3 is 0 Å². The summed E-state index contributed by atoms with van der Waals surface area (Å²) in [5.74, 6) is 0.238. The molecule has 0 aromatic rings. The van der Waals surface area contributed by atoms with Crippen molar-refractivity contribution in [2.24, 2.45) is 11.3 Å². The smallest absolute Gasteiger partial charge is 0.223 e. The first-order chi connectivity index (χ1) is 8.88. The molecule has 1 saturated heterocycles. The topological polar surface area (TPSA) is 37.4 Å². The van der Waals surface area contributed by atoms with Gasteiger partial charge in [0.1, 0.15) is 5.78 Å². The van der Waals surface area contributed by atoms with E-state index >= 15 is 0 Å². The van der Waals surface area contributed by atoms with Crippen LogP contribution in [-0.4, -0.2) is 29.7 Å². The summed E-state index contributed by atoms with van der Waals surface area (Å²) in [6.45, 7) is 7.14. The minimum Gasteiger partial charge on any atom is -0.342 e. The highest BCUT2D eigenvalue weighted by molar-refractivity contribution is 5.93. The zero-order chi connectivity index (χ0) is 14.0. The largest absolute Gasteiger partial charge is 0.342 e. The number of nitrogens with zero attached hydrogens (tertiary/aromatic N) is 1. The fraction of sp³-hybridized carbons (Fsp3) is 0.625. The Balaban J connectivity index is 1.87. The maximum atomic E-state index is 12.2.